The summed E-state index contributed by atoms with van der Waals surface area (Å²) in [5.74, 6) is 2.55. The zero-order valence-corrected chi connectivity index (χ0v) is 13.3. The third kappa shape index (κ3) is 5.41. The topological polar surface area (TPSA) is 38.7 Å². The maximum Gasteiger partial charge on any atom is 0.192 e. The fourth-order valence-electron chi connectivity index (χ4n) is 1.93. The molecule has 0 aromatic carbocycles. The summed E-state index contributed by atoms with van der Waals surface area (Å²) in [5, 5.41) is 0. The molecule has 2 fully saturated rings. The number of nitrogens with zero attached hydrogens (tertiary/aromatic N) is 1. The van der Waals surface area contributed by atoms with Crippen LogP contribution in [0, 0.1) is 69.1 Å². The van der Waals surface area contributed by atoms with Crippen molar-refractivity contribution in [3.63, 3.8) is 0 Å². The molecule has 0 N–H and O–H groups in total. The minimum atomic E-state index is 0. The molecule has 0 aromatic rings. The molecule has 2 aliphatic carbocycles. The van der Waals surface area contributed by atoms with E-state index in [-0.39, 0.29) is 23.1 Å². The number of ether oxygens (including phenoxy) is 1. The van der Waals surface area contributed by atoms with Crippen LogP contribution in [0.15, 0.2) is 4.99 Å². The second-order valence-electron chi connectivity index (χ2n) is 5.03. The second-order valence-corrected chi connectivity index (χ2v) is 5.03. The first-order valence-corrected chi connectivity index (χ1v) is 6.81. The van der Waals surface area contributed by atoms with E-state index in [0.717, 1.165) is 12.2 Å². The van der Waals surface area contributed by atoms with Crippen molar-refractivity contribution in [3.8, 4) is 0 Å². The van der Waals surface area contributed by atoms with Crippen molar-refractivity contribution >= 4 is 12.2 Å². The van der Waals surface area contributed by atoms with Gasteiger partial charge in [0.05, 0.1) is 17.9 Å². The van der Waals surface area contributed by atoms with E-state index < -0.39 is 0 Å². The molecule has 1 aliphatic heterocycles. The second kappa shape index (κ2) is 9.63. The van der Waals surface area contributed by atoms with Crippen LogP contribution in [0.4, 0.5) is 0 Å². The first-order valence-electron chi connectivity index (χ1n) is 6.81. The summed E-state index contributed by atoms with van der Waals surface area (Å²) in [6.07, 6.45) is 16.3. The van der Waals surface area contributed by atoms with Gasteiger partial charge in [0.2, 0.25) is 0 Å². The Morgan fingerprint density at radius 1 is 1.14 bits per heavy atom. The van der Waals surface area contributed by atoms with Gasteiger partial charge in [-0.15, -0.1) is 0 Å². The Morgan fingerprint density at radius 2 is 1.76 bits per heavy atom. The minimum Gasteiger partial charge on any atom is -0.478 e. The average molecular weight is 325 g/mol. The SMILES string of the molecule is CC(C)C1COC([C]2[CH][CH][CH][C]2C=O)=N1.[CH]1[CH][CH][CH][CH]1.[Fe]. The van der Waals surface area contributed by atoms with E-state index in [2.05, 4.69) is 18.8 Å². The van der Waals surface area contributed by atoms with Crippen LogP contribution in [0.5, 0.6) is 0 Å². The molecule has 0 saturated heterocycles. The molecule has 0 amide bonds. The molecule has 2 saturated carbocycles. The van der Waals surface area contributed by atoms with Gasteiger partial charge in [-0.1, -0.05) is 13.8 Å². The van der Waals surface area contributed by atoms with Crippen LogP contribution >= 0.6 is 0 Å². The monoisotopic (exact) mass is 325 g/mol. The van der Waals surface area contributed by atoms with Gasteiger partial charge < -0.3 is 9.53 Å². The summed E-state index contributed by atoms with van der Waals surface area (Å²) in [5.41, 5.74) is 0. The van der Waals surface area contributed by atoms with Gasteiger partial charge >= 0.3 is 0 Å². The molecule has 10 radical (unpaired) electrons. The molecule has 0 aromatic heterocycles. The standard InChI is InChI=1S/C12H14NO2.C5H5.Fe/c1-8(2)11-7-15-12(13-11)10-5-3-4-9(10)6-14;1-2-4-5-3-1;/h3-6,8,11H,7H2,1-2H3;1-5H;. The Kier molecular flexibility index (Phi) is 8.58. The molecule has 1 atom stereocenters. The van der Waals surface area contributed by atoms with Crippen molar-refractivity contribution < 1.29 is 26.6 Å². The largest absolute Gasteiger partial charge is 0.478 e. The van der Waals surface area contributed by atoms with E-state index >= 15 is 0 Å². The molecular formula is C17H19FeNO2. The smallest absolute Gasteiger partial charge is 0.192 e. The maximum absolute atomic E-state index is 10.7. The van der Waals surface area contributed by atoms with E-state index in [9.17, 15) is 4.79 Å². The Hall–Kier alpha value is -0.341. The normalized spacial score (nSPS) is 25.9. The van der Waals surface area contributed by atoms with E-state index in [1.807, 2.05) is 44.9 Å². The van der Waals surface area contributed by atoms with Gasteiger partial charge in [0.25, 0.3) is 0 Å². The summed E-state index contributed by atoms with van der Waals surface area (Å²) < 4.78 is 5.50. The van der Waals surface area contributed by atoms with Crippen LogP contribution < -0.4 is 0 Å². The first-order chi connectivity index (χ1) is 9.72. The van der Waals surface area contributed by atoms with E-state index in [1.165, 1.54) is 0 Å². The van der Waals surface area contributed by atoms with Crippen molar-refractivity contribution in [2.45, 2.75) is 19.9 Å². The minimum absolute atomic E-state index is 0. The van der Waals surface area contributed by atoms with Gasteiger partial charge in [0.15, 0.2) is 5.90 Å². The Morgan fingerprint density at radius 3 is 2.24 bits per heavy atom. The number of hydrogen-bond donors (Lipinski definition) is 0. The number of hydrogen-bond acceptors (Lipinski definition) is 3. The van der Waals surface area contributed by atoms with Gasteiger partial charge in [-0.05, 0) is 57.3 Å². The molecule has 4 heteroatoms. The third-order valence-electron chi connectivity index (χ3n) is 3.21. The third-order valence-corrected chi connectivity index (χ3v) is 3.21. The van der Waals surface area contributed by atoms with Crippen LogP contribution in [0.3, 0.4) is 0 Å². The molecule has 0 bridgehead atoms. The predicted molar refractivity (Wildman–Crippen MR) is 79.0 cm³/mol. The van der Waals surface area contributed by atoms with Crippen LogP contribution in [-0.2, 0) is 26.6 Å². The van der Waals surface area contributed by atoms with Crippen molar-refractivity contribution in [1.82, 2.24) is 0 Å². The van der Waals surface area contributed by atoms with E-state index in [0.29, 0.717) is 24.3 Å². The summed E-state index contributed by atoms with van der Waals surface area (Å²) in [6, 6.07) is 0.217. The molecule has 1 unspecified atom stereocenters. The van der Waals surface area contributed by atoms with Crippen LogP contribution in [-0.4, -0.2) is 24.8 Å². The number of aliphatic imine (C=N–C) groups is 1. The first kappa shape index (κ1) is 18.7. The van der Waals surface area contributed by atoms with Gasteiger partial charge in [-0.25, -0.2) is 4.99 Å². The van der Waals surface area contributed by atoms with Crippen LogP contribution in [0.25, 0.3) is 0 Å². The molecule has 1 heterocycles. The number of carbonyl (C=O) groups excluding carboxylic acids is 1. The fraction of sp³-hybridized carbons (Fsp3) is 0.294. The molecule has 0 spiro atoms. The van der Waals surface area contributed by atoms with Crippen molar-refractivity contribution in [2.75, 3.05) is 6.61 Å². The summed E-state index contributed by atoms with van der Waals surface area (Å²) in [4.78, 5) is 15.2. The van der Waals surface area contributed by atoms with E-state index in [1.54, 1.807) is 6.42 Å². The zero-order valence-electron chi connectivity index (χ0n) is 12.2. The Bertz CT molecular complexity index is 332. The fourth-order valence-corrected chi connectivity index (χ4v) is 1.93. The van der Waals surface area contributed by atoms with Crippen LogP contribution in [0.1, 0.15) is 13.8 Å². The van der Waals surface area contributed by atoms with E-state index in [4.69, 9.17) is 4.74 Å². The number of aldehydes is 1. The van der Waals surface area contributed by atoms with Gasteiger partial charge in [-0.2, -0.15) is 0 Å². The average Bonchev–Trinajstić information content (AvgIpc) is 3.19. The molecular weight excluding hydrogens is 306 g/mol. The van der Waals surface area contributed by atoms with Crippen molar-refractivity contribution in [3.05, 3.63) is 63.2 Å². The van der Waals surface area contributed by atoms with Crippen molar-refractivity contribution in [1.29, 1.82) is 0 Å². The maximum atomic E-state index is 10.7. The van der Waals surface area contributed by atoms with Gasteiger partial charge in [0, 0.05) is 17.1 Å². The van der Waals surface area contributed by atoms with Gasteiger partial charge in [0.1, 0.15) is 12.9 Å². The zero-order chi connectivity index (χ0) is 14.4. The van der Waals surface area contributed by atoms with Gasteiger partial charge in [-0.3, -0.25) is 0 Å². The summed E-state index contributed by atoms with van der Waals surface area (Å²) in [6.45, 7) is 4.86. The molecule has 112 valence electrons. The van der Waals surface area contributed by atoms with Crippen LogP contribution in [0.2, 0.25) is 0 Å². The molecule has 21 heavy (non-hydrogen) atoms. The number of carbonyl (C=O) groups is 1. The van der Waals surface area contributed by atoms with Crippen molar-refractivity contribution in [2.24, 2.45) is 10.9 Å². The Labute approximate surface area is 139 Å². The number of rotatable bonds is 3. The molecule has 3 nitrogen and oxygen atoms in total. The summed E-state index contributed by atoms with van der Waals surface area (Å²) >= 11 is 0. The molecule has 3 rings (SSSR count). The Balaban J connectivity index is 0.000000313. The summed E-state index contributed by atoms with van der Waals surface area (Å²) in [7, 11) is 0. The quantitative estimate of drug-likeness (QED) is 0.590. The predicted octanol–water partition coefficient (Wildman–Crippen LogP) is 2.43. The molecule has 3 aliphatic rings.